The van der Waals surface area contributed by atoms with Gasteiger partial charge in [0.15, 0.2) is 0 Å². The summed E-state index contributed by atoms with van der Waals surface area (Å²) >= 11 is 1.70. The third kappa shape index (κ3) is 3.92. The lowest BCUT2D eigenvalue weighted by molar-refractivity contribution is 0.369. The molecule has 1 aliphatic carbocycles. The van der Waals surface area contributed by atoms with E-state index in [-0.39, 0.29) is 11.9 Å². The topological polar surface area (TPSA) is 51.4 Å². The lowest BCUT2D eigenvalue weighted by atomic mass is 9.90. The van der Waals surface area contributed by atoms with E-state index in [1.165, 1.54) is 17.7 Å². The number of nitrogens with two attached hydrogens (primary N) is 1. The predicted octanol–water partition coefficient (Wildman–Crippen LogP) is 4.72. The first-order chi connectivity index (χ1) is 13.1. The molecule has 0 unspecified atom stereocenters. The standard InChI is InChI=1S/C21H24FN3OS/c1-26-20-11-21(24-19-6-5-15(22)9-18(19)20)25(12-14-7-8-27-13-14)17-4-2-3-16(23)10-17/h5-9,11,13,16-17H,2-4,10,12,23H2,1H3/t16-,17-/m0/s1. The predicted molar refractivity (Wildman–Crippen MR) is 109 cm³/mol. The molecular formula is C21H24FN3OS. The molecule has 1 aromatic carbocycles. The Hall–Kier alpha value is -2.18. The zero-order chi connectivity index (χ0) is 18.8. The fraction of sp³-hybridized carbons (Fsp3) is 0.381. The molecule has 2 aromatic heterocycles. The Bertz CT molecular complexity index is 915. The smallest absolute Gasteiger partial charge is 0.133 e. The zero-order valence-corrected chi connectivity index (χ0v) is 16.2. The SMILES string of the molecule is COc1cc(N(Cc2ccsc2)[C@H]2CCC[C@H](N)C2)nc2ccc(F)cc12. The third-order valence-electron chi connectivity index (χ3n) is 5.29. The van der Waals surface area contributed by atoms with Crippen LogP contribution in [0.3, 0.4) is 0 Å². The maximum absolute atomic E-state index is 13.7. The van der Waals surface area contributed by atoms with Crippen molar-refractivity contribution in [1.29, 1.82) is 0 Å². The van der Waals surface area contributed by atoms with Gasteiger partial charge < -0.3 is 15.4 Å². The molecule has 0 amide bonds. The molecule has 2 atom stereocenters. The first-order valence-electron chi connectivity index (χ1n) is 9.31. The van der Waals surface area contributed by atoms with Crippen molar-refractivity contribution >= 4 is 28.1 Å². The van der Waals surface area contributed by atoms with Gasteiger partial charge in [-0.15, -0.1) is 0 Å². The van der Waals surface area contributed by atoms with Gasteiger partial charge in [0, 0.05) is 30.1 Å². The number of aromatic nitrogens is 1. The van der Waals surface area contributed by atoms with E-state index in [2.05, 4.69) is 21.7 Å². The Labute approximate surface area is 162 Å². The molecule has 0 radical (unpaired) electrons. The van der Waals surface area contributed by atoms with E-state index < -0.39 is 0 Å². The van der Waals surface area contributed by atoms with Crippen LogP contribution in [0.4, 0.5) is 10.2 Å². The van der Waals surface area contributed by atoms with Crippen LogP contribution in [0.1, 0.15) is 31.2 Å². The van der Waals surface area contributed by atoms with E-state index in [4.69, 9.17) is 15.5 Å². The van der Waals surface area contributed by atoms with Crippen molar-refractivity contribution in [3.63, 3.8) is 0 Å². The fourth-order valence-electron chi connectivity index (χ4n) is 3.93. The molecule has 6 heteroatoms. The van der Waals surface area contributed by atoms with Crippen molar-refractivity contribution in [2.24, 2.45) is 5.73 Å². The van der Waals surface area contributed by atoms with E-state index in [0.717, 1.165) is 43.6 Å². The number of ether oxygens (including phenoxy) is 1. The van der Waals surface area contributed by atoms with Gasteiger partial charge >= 0.3 is 0 Å². The summed E-state index contributed by atoms with van der Waals surface area (Å²) in [5, 5.41) is 4.96. The second-order valence-corrected chi connectivity index (χ2v) is 7.96. The van der Waals surface area contributed by atoms with Crippen LogP contribution in [-0.2, 0) is 6.54 Å². The molecule has 1 aliphatic rings. The van der Waals surface area contributed by atoms with Crippen molar-refractivity contribution in [2.45, 2.75) is 44.3 Å². The second-order valence-electron chi connectivity index (χ2n) is 7.18. The summed E-state index contributed by atoms with van der Waals surface area (Å²) < 4.78 is 19.3. The highest BCUT2D eigenvalue weighted by molar-refractivity contribution is 7.07. The Balaban J connectivity index is 1.77. The Morgan fingerprint density at radius 2 is 2.19 bits per heavy atom. The lowest BCUT2D eigenvalue weighted by Crippen LogP contribution is -2.42. The van der Waals surface area contributed by atoms with Crippen molar-refractivity contribution in [3.05, 3.63) is 52.5 Å². The van der Waals surface area contributed by atoms with Crippen molar-refractivity contribution in [3.8, 4) is 5.75 Å². The molecule has 1 fully saturated rings. The number of thiophene rings is 1. The minimum Gasteiger partial charge on any atom is -0.496 e. The monoisotopic (exact) mass is 385 g/mol. The zero-order valence-electron chi connectivity index (χ0n) is 15.4. The third-order valence-corrected chi connectivity index (χ3v) is 6.03. The fourth-order valence-corrected chi connectivity index (χ4v) is 4.59. The quantitative estimate of drug-likeness (QED) is 0.690. The summed E-state index contributed by atoms with van der Waals surface area (Å²) in [4.78, 5) is 7.19. The molecule has 0 aliphatic heterocycles. The normalized spacial score (nSPS) is 20.0. The van der Waals surface area contributed by atoms with Gasteiger partial charge in [0.25, 0.3) is 0 Å². The van der Waals surface area contributed by atoms with Gasteiger partial charge in [0.2, 0.25) is 0 Å². The van der Waals surface area contributed by atoms with Gasteiger partial charge in [-0.05, 0) is 66.3 Å². The van der Waals surface area contributed by atoms with Crippen LogP contribution in [0.15, 0.2) is 41.1 Å². The van der Waals surface area contributed by atoms with Gasteiger partial charge in [0.05, 0.1) is 12.6 Å². The number of fused-ring (bicyclic) bond motifs is 1. The average molecular weight is 386 g/mol. The summed E-state index contributed by atoms with van der Waals surface area (Å²) in [6, 6.07) is 9.27. The molecule has 2 N–H and O–H groups in total. The summed E-state index contributed by atoms with van der Waals surface area (Å²) in [6.07, 6.45) is 4.26. The highest BCUT2D eigenvalue weighted by Crippen LogP contribution is 2.34. The van der Waals surface area contributed by atoms with Crippen LogP contribution in [-0.4, -0.2) is 24.2 Å². The highest BCUT2D eigenvalue weighted by atomic mass is 32.1. The number of rotatable bonds is 5. The summed E-state index contributed by atoms with van der Waals surface area (Å²) in [6.45, 7) is 0.781. The van der Waals surface area contributed by atoms with Crippen LogP contribution in [0.2, 0.25) is 0 Å². The molecule has 2 heterocycles. The first-order valence-corrected chi connectivity index (χ1v) is 10.3. The highest BCUT2D eigenvalue weighted by Gasteiger charge is 2.27. The van der Waals surface area contributed by atoms with Gasteiger partial charge in [-0.2, -0.15) is 11.3 Å². The summed E-state index contributed by atoms with van der Waals surface area (Å²) in [7, 11) is 1.61. The number of nitrogens with zero attached hydrogens (tertiary/aromatic N) is 2. The van der Waals surface area contributed by atoms with Crippen LogP contribution in [0.25, 0.3) is 10.9 Å². The van der Waals surface area contributed by atoms with Crippen molar-refractivity contribution in [1.82, 2.24) is 4.98 Å². The number of hydrogen-bond donors (Lipinski definition) is 1. The molecule has 0 saturated heterocycles. The molecule has 0 bridgehead atoms. The summed E-state index contributed by atoms with van der Waals surface area (Å²) in [5.41, 5.74) is 8.27. The minimum absolute atomic E-state index is 0.227. The molecule has 0 spiro atoms. The Kier molecular flexibility index (Phi) is 5.27. The minimum atomic E-state index is -0.288. The Morgan fingerprint density at radius 1 is 1.30 bits per heavy atom. The van der Waals surface area contributed by atoms with E-state index in [9.17, 15) is 4.39 Å². The second kappa shape index (κ2) is 7.82. The van der Waals surface area contributed by atoms with E-state index in [0.29, 0.717) is 17.2 Å². The van der Waals surface area contributed by atoms with Gasteiger partial charge in [-0.3, -0.25) is 0 Å². The number of methoxy groups -OCH3 is 1. The first kappa shape index (κ1) is 18.2. The van der Waals surface area contributed by atoms with E-state index in [1.807, 2.05) is 6.07 Å². The Morgan fingerprint density at radius 3 is 2.93 bits per heavy atom. The molecular weight excluding hydrogens is 361 g/mol. The van der Waals surface area contributed by atoms with Crippen LogP contribution in [0.5, 0.6) is 5.75 Å². The average Bonchev–Trinajstić information content (AvgIpc) is 3.18. The van der Waals surface area contributed by atoms with E-state index in [1.54, 1.807) is 24.5 Å². The van der Waals surface area contributed by atoms with Crippen LogP contribution >= 0.6 is 11.3 Å². The van der Waals surface area contributed by atoms with Gasteiger partial charge in [0.1, 0.15) is 17.4 Å². The van der Waals surface area contributed by atoms with Gasteiger partial charge in [-0.25, -0.2) is 9.37 Å². The van der Waals surface area contributed by atoms with Gasteiger partial charge in [-0.1, -0.05) is 0 Å². The molecule has 142 valence electrons. The summed E-state index contributed by atoms with van der Waals surface area (Å²) in [5.74, 6) is 1.21. The number of hydrogen-bond acceptors (Lipinski definition) is 5. The molecule has 3 aromatic rings. The maximum Gasteiger partial charge on any atom is 0.133 e. The molecule has 4 nitrogen and oxygen atoms in total. The van der Waals surface area contributed by atoms with Crippen molar-refractivity contribution < 1.29 is 9.13 Å². The molecule has 4 rings (SSSR count). The van der Waals surface area contributed by atoms with Crippen molar-refractivity contribution in [2.75, 3.05) is 12.0 Å². The molecule has 1 saturated carbocycles. The van der Waals surface area contributed by atoms with Crippen LogP contribution in [0, 0.1) is 5.82 Å². The number of pyridine rings is 1. The number of anilines is 1. The van der Waals surface area contributed by atoms with E-state index >= 15 is 0 Å². The maximum atomic E-state index is 13.7. The molecule has 27 heavy (non-hydrogen) atoms. The van der Waals surface area contributed by atoms with Crippen LogP contribution < -0.4 is 15.4 Å². The lowest BCUT2D eigenvalue weighted by Gasteiger charge is -2.37. The number of benzene rings is 1. The number of halogens is 1. The largest absolute Gasteiger partial charge is 0.496 e.